The molecule has 0 radical (unpaired) electrons. The van der Waals surface area contributed by atoms with Crippen LogP contribution in [-0.4, -0.2) is 23.2 Å². The summed E-state index contributed by atoms with van der Waals surface area (Å²) in [5.41, 5.74) is 0.821. The van der Waals surface area contributed by atoms with Gasteiger partial charge in [0.15, 0.2) is 5.78 Å². The number of hydrogen-bond donors (Lipinski definition) is 1. The summed E-state index contributed by atoms with van der Waals surface area (Å²) in [5.74, 6) is -4.74. The molecule has 1 aliphatic heterocycles. The van der Waals surface area contributed by atoms with Crippen LogP contribution in [0.15, 0.2) is 42.5 Å². The molecule has 1 aliphatic carbocycles. The highest BCUT2D eigenvalue weighted by atomic mass is 35.5. The number of halogens is 4. The van der Waals surface area contributed by atoms with Crippen molar-refractivity contribution in [2.45, 2.75) is 43.1 Å². The smallest absolute Gasteiger partial charge is 0.248 e. The summed E-state index contributed by atoms with van der Waals surface area (Å²) in [6, 6.07) is 12.3. The van der Waals surface area contributed by atoms with Gasteiger partial charge >= 0.3 is 0 Å². The molecular weight excluding hydrogens is 407 g/mol. The summed E-state index contributed by atoms with van der Waals surface area (Å²) in [4.78, 5) is 25.8. The lowest BCUT2D eigenvalue weighted by Crippen LogP contribution is -2.51. The van der Waals surface area contributed by atoms with E-state index in [0.29, 0.717) is 15.6 Å². The molecule has 1 spiro atoms. The number of carbonyl (C=O) groups is 2. The number of rotatable bonds is 2. The number of hydrogen-bond acceptors (Lipinski definition) is 2. The van der Waals surface area contributed by atoms with E-state index in [0.717, 1.165) is 11.1 Å². The van der Waals surface area contributed by atoms with Crippen molar-refractivity contribution < 1.29 is 18.4 Å². The van der Waals surface area contributed by atoms with Crippen molar-refractivity contribution >= 4 is 34.9 Å². The van der Waals surface area contributed by atoms with Crippen LogP contribution >= 0.6 is 23.2 Å². The zero-order valence-corrected chi connectivity index (χ0v) is 16.3. The lowest BCUT2D eigenvalue weighted by molar-refractivity contribution is -0.128. The van der Waals surface area contributed by atoms with Gasteiger partial charge in [0.25, 0.3) is 0 Å². The molecule has 4 rings (SSSR count). The van der Waals surface area contributed by atoms with Gasteiger partial charge in [0, 0.05) is 22.9 Å². The fraction of sp³-hybridized carbons (Fsp3) is 0.333. The van der Waals surface area contributed by atoms with Crippen LogP contribution in [0.25, 0.3) is 11.1 Å². The zero-order chi connectivity index (χ0) is 20.1. The maximum absolute atomic E-state index is 13.6. The quantitative estimate of drug-likeness (QED) is 0.657. The molecule has 1 saturated heterocycles. The van der Waals surface area contributed by atoms with Crippen LogP contribution in [-0.2, 0) is 9.59 Å². The average molecular weight is 424 g/mol. The minimum absolute atomic E-state index is 0.0600. The highest BCUT2D eigenvalue weighted by Crippen LogP contribution is 2.45. The van der Waals surface area contributed by atoms with Crippen LogP contribution in [0.5, 0.6) is 0 Å². The van der Waals surface area contributed by atoms with Gasteiger partial charge in [-0.15, -0.1) is 0 Å². The van der Waals surface area contributed by atoms with E-state index in [4.69, 9.17) is 23.2 Å². The molecule has 2 fully saturated rings. The molecule has 0 aromatic heterocycles. The Labute approximate surface area is 171 Å². The first-order chi connectivity index (χ1) is 13.2. The molecule has 1 heterocycles. The Bertz CT molecular complexity index is 949. The van der Waals surface area contributed by atoms with Crippen molar-refractivity contribution in [3.8, 4) is 11.1 Å². The van der Waals surface area contributed by atoms with Gasteiger partial charge in [-0.05, 0) is 53.8 Å². The van der Waals surface area contributed by atoms with E-state index in [1.54, 1.807) is 30.3 Å². The van der Waals surface area contributed by atoms with E-state index in [1.807, 2.05) is 12.1 Å². The molecule has 1 N–H and O–H groups in total. The van der Waals surface area contributed by atoms with E-state index >= 15 is 0 Å². The van der Waals surface area contributed by atoms with Crippen molar-refractivity contribution in [1.82, 2.24) is 5.32 Å². The molecule has 146 valence electrons. The second-order valence-electron chi connectivity index (χ2n) is 7.47. The molecule has 1 saturated carbocycles. The third kappa shape index (κ3) is 3.31. The standard InChI is InChI=1S/C21H17Cl2F2NO2/c22-14-4-1-12(2-5-14)13-3-6-16(23)15(11-13)17-18(27)20(26-19(17)28)7-9-21(24,25)10-8-20/h1-6,11,17H,7-10H2,(H,26,28). The van der Waals surface area contributed by atoms with Crippen LogP contribution in [0, 0.1) is 0 Å². The molecule has 0 bridgehead atoms. The van der Waals surface area contributed by atoms with Gasteiger partial charge in [0.05, 0.1) is 0 Å². The van der Waals surface area contributed by atoms with E-state index in [1.165, 1.54) is 0 Å². The van der Waals surface area contributed by atoms with Gasteiger partial charge in [-0.3, -0.25) is 9.59 Å². The molecule has 2 aromatic carbocycles. The largest absolute Gasteiger partial charge is 0.343 e. The van der Waals surface area contributed by atoms with Crippen molar-refractivity contribution in [2.24, 2.45) is 0 Å². The summed E-state index contributed by atoms with van der Waals surface area (Å²) < 4.78 is 27.1. The number of carbonyl (C=O) groups excluding carboxylic acids is 2. The molecule has 2 aromatic rings. The highest BCUT2D eigenvalue weighted by molar-refractivity contribution is 6.33. The Hall–Kier alpha value is -1.98. The summed E-state index contributed by atoms with van der Waals surface area (Å²) >= 11 is 12.2. The third-order valence-corrected chi connectivity index (χ3v) is 6.27. The SMILES string of the molecule is O=C1NC2(CCC(F)(F)CC2)C(=O)C1c1cc(-c2ccc(Cl)cc2)ccc1Cl. The first-order valence-electron chi connectivity index (χ1n) is 9.00. The fourth-order valence-electron chi connectivity index (χ4n) is 4.05. The first-order valence-corrected chi connectivity index (χ1v) is 9.76. The molecule has 28 heavy (non-hydrogen) atoms. The zero-order valence-electron chi connectivity index (χ0n) is 14.8. The summed E-state index contributed by atoms with van der Waals surface area (Å²) in [5, 5.41) is 3.59. The number of ketones is 1. The maximum Gasteiger partial charge on any atom is 0.248 e. The lowest BCUT2D eigenvalue weighted by atomic mass is 9.75. The number of amides is 1. The topological polar surface area (TPSA) is 46.2 Å². The summed E-state index contributed by atoms with van der Waals surface area (Å²) in [6.45, 7) is 0. The second-order valence-corrected chi connectivity index (χ2v) is 8.31. The second kappa shape index (κ2) is 6.82. The van der Waals surface area contributed by atoms with Gasteiger partial charge in [-0.25, -0.2) is 8.78 Å². The van der Waals surface area contributed by atoms with E-state index in [-0.39, 0.29) is 18.6 Å². The Kier molecular flexibility index (Phi) is 4.71. The number of benzene rings is 2. The average Bonchev–Trinajstić information content (AvgIpc) is 2.90. The number of alkyl halides is 2. The van der Waals surface area contributed by atoms with E-state index < -0.39 is 36.1 Å². The fourth-order valence-corrected chi connectivity index (χ4v) is 4.40. The van der Waals surface area contributed by atoms with Crippen molar-refractivity contribution in [3.63, 3.8) is 0 Å². The van der Waals surface area contributed by atoms with Crippen LogP contribution in [0.3, 0.4) is 0 Å². The molecule has 3 nitrogen and oxygen atoms in total. The van der Waals surface area contributed by atoms with Crippen molar-refractivity contribution in [2.75, 3.05) is 0 Å². The van der Waals surface area contributed by atoms with Crippen LogP contribution in [0.1, 0.15) is 37.2 Å². The van der Waals surface area contributed by atoms with E-state index in [2.05, 4.69) is 5.32 Å². The molecule has 2 aliphatic rings. The number of nitrogens with one attached hydrogen (secondary N) is 1. The van der Waals surface area contributed by atoms with Gasteiger partial charge in [-0.1, -0.05) is 41.4 Å². The van der Waals surface area contributed by atoms with Gasteiger partial charge in [0.1, 0.15) is 11.5 Å². The summed E-state index contributed by atoms with van der Waals surface area (Å²) in [7, 11) is 0. The van der Waals surface area contributed by atoms with Crippen LogP contribution in [0.2, 0.25) is 10.0 Å². The maximum atomic E-state index is 13.6. The molecular formula is C21H17Cl2F2NO2. The monoisotopic (exact) mass is 423 g/mol. The molecule has 1 unspecified atom stereocenters. The Morgan fingerprint density at radius 2 is 1.50 bits per heavy atom. The van der Waals surface area contributed by atoms with E-state index in [9.17, 15) is 18.4 Å². The predicted molar refractivity (Wildman–Crippen MR) is 104 cm³/mol. The van der Waals surface area contributed by atoms with Gasteiger partial charge in [0.2, 0.25) is 11.8 Å². The minimum atomic E-state index is -2.79. The Morgan fingerprint density at radius 1 is 0.893 bits per heavy atom. The Morgan fingerprint density at radius 3 is 2.14 bits per heavy atom. The van der Waals surface area contributed by atoms with Gasteiger partial charge in [-0.2, -0.15) is 0 Å². The normalized spacial score (nSPS) is 23.1. The molecule has 1 atom stereocenters. The van der Waals surface area contributed by atoms with Crippen LogP contribution < -0.4 is 5.32 Å². The first kappa shape index (κ1) is 19.3. The summed E-state index contributed by atoms with van der Waals surface area (Å²) in [6.07, 6.45) is -0.945. The minimum Gasteiger partial charge on any atom is -0.343 e. The van der Waals surface area contributed by atoms with Crippen LogP contribution in [0.4, 0.5) is 8.78 Å². The third-order valence-electron chi connectivity index (χ3n) is 5.68. The number of Topliss-reactive ketones (excluding diaryl/α,β-unsaturated/α-hetero) is 1. The van der Waals surface area contributed by atoms with Crippen molar-refractivity contribution in [3.05, 3.63) is 58.1 Å². The Balaban J connectivity index is 1.69. The molecule has 7 heteroatoms. The lowest BCUT2D eigenvalue weighted by Gasteiger charge is -2.35. The van der Waals surface area contributed by atoms with Crippen molar-refractivity contribution in [1.29, 1.82) is 0 Å². The molecule has 1 amide bonds. The van der Waals surface area contributed by atoms with Gasteiger partial charge < -0.3 is 5.32 Å². The predicted octanol–water partition coefficient (Wildman–Crippen LogP) is 5.39. The highest BCUT2D eigenvalue weighted by Gasteiger charge is 2.57.